The number of ether oxygens (including phenoxy) is 1. The number of piperidine rings is 1. The van der Waals surface area contributed by atoms with E-state index in [0.29, 0.717) is 42.4 Å². The molecule has 4 heterocycles. The molecule has 1 saturated heterocycles. The average molecular weight is 450 g/mol. The van der Waals surface area contributed by atoms with Gasteiger partial charge in [0.15, 0.2) is 5.65 Å². The third kappa shape index (κ3) is 3.54. The zero-order valence-electron chi connectivity index (χ0n) is 17.3. The Balaban J connectivity index is 1.52. The van der Waals surface area contributed by atoms with Gasteiger partial charge in [0.05, 0.1) is 19.0 Å². The number of methoxy groups -OCH3 is 1. The molecule has 3 aromatic heterocycles. The third-order valence-corrected chi connectivity index (χ3v) is 6.08. The maximum Gasteiger partial charge on any atom is 0.400 e. The van der Waals surface area contributed by atoms with E-state index in [4.69, 9.17) is 4.74 Å². The van der Waals surface area contributed by atoms with Gasteiger partial charge in [-0.15, -0.1) is 0 Å². The van der Waals surface area contributed by atoms with Crippen molar-refractivity contribution < 1.29 is 22.3 Å². The van der Waals surface area contributed by atoms with E-state index in [0.717, 1.165) is 0 Å². The summed E-state index contributed by atoms with van der Waals surface area (Å²) < 4.78 is 61.6. The third-order valence-electron chi connectivity index (χ3n) is 6.08. The highest BCUT2D eigenvalue weighted by Gasteiger charge is 2.66. The van der Waals surface area contributed by atoms with Gasteiger partial charge in [-0.3, -0.25) is 0 Å². The van der Waals surface area contributed by atoms with Crippen LogP contribution in [-0.2, 0) is 5.41 Å². The highest BCUT2D eigenvalue weighted by Crippen LogP contribution is 2.60. The van der Waals surface area contributed by atoms with Gasteiger partial charge < -0.3 is 15.4 Å². The molecule has 3 aromatic rings. The van der Waals surface area contributed by atoms with Gasteiger partial charge in [-0.25, -0.2) is 18.9 Å². The molecular formula is C21H22F4N6O. The number of hydrogen-bond acceptors (Lipinski definition) is 6. The minimum absolute atomic E-state index is 0.0297. The highest BCUT2D eigenvalue weighted by atomic mass is 19.4. The molecule has 0 radical (unpaired) electrons. The summed E-state index contributed by atoms with van der Waals surface area (Å²) in [6, 6.07) is 6.62. The van der Waals surface area contributed by atoms with Crippen LogP contribution in [0.1, 0.15) is 25.0 Å². The van der Waals surface area contributed by atoms with Crippen molar-refractivity contribution in [2.24, 2.45) is 0 Å². The summed E-state index contributed by atoms with van der Waals surface area (Å²) in [4.78, 5) is 8.85. The molecule has 0 bridgehead atoms. The number of rotatable bonds is 5. The van der Waals surface area contributed by atoms with Crippen LogP contribution < -0.4 is 15.4 Å². The summed E-state index contributed by atoms with van der Waals surface area (Å²) in [5.41, 5.74) is -0.840. The van der Waals surface area contributed by atoms with Crippen molar-refractivity contribution in [3.05, 3.63) is 36.2 Å². The van der Waals surface area contributed by atoms with E-state index in [-0.39, 0.29) is 30.3 Å². The number of alkyl halides is 4. The topological polar surface area (TPSA) is 76.4 Å². The fourth-order valence-electron chi connectivity index (χ4n) is 4.21. The zero-order valence-corrected chi connectivity index (χ0v) is 17.3. The molecule has 1 aliphatic heterocycles. The first-order chi connectivity index (χ1) is 15.3. The predicted octanol–water partition coefficient (Wildman–Crippen LogP) is 3.51. The van der Waals surface area contributed by atoms with Crippen LogP contribution in [0.2, 0.25) is 0 Å². The van der Waals surface area contributed by atoms with Crippen molar-refractivity contribution in [3.63, 3.8) is 0 Å². The van der Waals surface area contributed by atoms with Gasteiger partial charge in [0.25, 0.3) is 0 Å². The number of nitrogens with one attached hydrogen (secondary N) is 2. The zero-order chi connectivity index (χ0) is 22.5. The molecule has 2 N–H and O–H groups in total. The van der Waals surface area contributed by atoms with E-state index in [2.05, 4.69) is 25.7 Å². The molecule has 32 heavy (non-hydrogen) atoms. The number of pyridine rings is 1. The van der Waals surface area contributed by atoms with Crippen LogP contribution in [0.15, 0.2) is 30.5 Å². The summed E-state index contributed by atoms with van der Waals surface area (Å²) in [5, 5.41) is 10.6. The molecule has 2 unspecified atom stereocenters. The van der Waals surface area contributed by atoms with Gasteiger partial charge in [-0.1, -0.05) is 6.07 Å². The Morgan fingerprint density at radius 3 is 2.75 bits per heavy atom. The second kappa shape index (κ2) is 7.58. The van der Waals surface area contributed by atoms with Gasteiger partial charge in [0.1, 0.15) is 34.5 Å². The van der Waals surface area contributed by atoms with Crippen LogP contribution >= 0.6 is 0 Å². The van der Waals surface area contributed by atoms with Gasteiger partial charge in [0, 0.05) is 31.6 Å². The Morgan fingerprint density at radius 2 is 2.06 bits per heavy atom. The first-order valence-corrected chi connectivity index (χ1v) is 10.4. The van der Waals surface area contributed by atoms with E-state index in [1.807, 2.05) is 0 Å². The number of imidazole rings is 1. The summed E-state index contributed by atoms with van der Waals surface area (Å²) in [5.74, 6) is 0.611. The molecule has 11 heteroatoms. The van der Waals surface area contributed by atoms with Crippen LogP contribution in [0.3, 0.4) is 0 Å². The summed E-state index contributed by atoms with van der Waals surface area (Å²) in [7, 11) is 1.33. The second-order valence-corrected chi connectivity index (χ2v) is 8.30. The molecule has 1 saturated carbocycles. The van der Waals surface area contributed by atoms with Crippen molar-refractivity contribution in [1.82, 2.24) is 24.9 Å². The van der Waals surface area contributed by atoms with Crippen LogP contribution in [0, 0.1) is 0 Å². The minimum atomic E-state index is -4.42. The Bertz CT molecular complexity index is 1140. The van der Waals surface area contributed by atoms with E-state index < -0.39 is 17.8 Å². The quantitative estimate of drug-likeness (QED) is 0.580. The van der Waals surface area contributed by atoms with Crippen LogP contribution in [0.4, 0.5) is 23.4 Å². The maximum atomic E-state index is 13.8. The Kier molecular flexibility index (Phi) is 4.95. The minimum Gasteiger partial charge on any atom is -0.495 e. The predicted molar refractivity (Wildman–Crippen MR) is 110 cm³/mol. The molecule has 2 fully saturated rings. The van der Waals surface area contributed by atoms with E-state index in [9.17, 15) is 17.6 Å². The summed E-state index contributed by atoms with van der Waals surface area (Å²) in [6.45, 7) is 0.955. The smallest absolute Gasteiger partial charge is 0.400 e. The van der Waals surface area contributed by atoms with E-state index in [1.165, 1.54) is 23.9 Å². The molecule has 5 rings (SSSR count). The fraction of sp³-hybridized carbons (Fsp3) is 0.476. The van der Waals surface area contributed by atoms with Gasteiger partial charge >= 0.3 is 6.18 Å². The second-order valence-electron chi connectivity index (χ2n) is 8.30. The van der Waals surface area contributed by atoms with Crippen LogP contribution in [-0.4, -0.2) is 58.2 Å². The van der Waals surface area contributed by atoms with Gasteiger partial charge in [-0.2, -0.15) is 18.3 Å². The Labute approximate surface area is 181 Å². The monoisotopic (exact) mass is 450 g/mol. The SMILES string of the molecule is COc1cc2ncc(-c3cccc(NC4CNCC(F)C4)n3)n2nc1C1(C(F)(F)F)CC1. The molecule has 170 valence electrons. The van der Waals surface area contributed by atoms with Crippen LogP contribution in [0.5, 0.6) is 5.75 Å². The van der Waals surface area contributed by atoms with Crippen LogP contribution in [0.25, 0.3) is 17.0 Å². The molecular weight excluding hydrogens is 428 g/mol. The first kappa shape index (κ1) is 20.9. The number of fused-ring (bicyclic) bond motifs is 1. The van der Waals surface area contributed by atoms with Gasteiger partial charge in [-0.05, 0) is 25.0 Å². The van der Waals surface area contributed by atoms with Crippen molar-refractivity contribution in [3.8, 4) is 17.1 Å². The fourth-order valence-corrected chi connectivity index (χ4v) is 4.21. The molecule has 0 spiro atoms. The van der Waals surface area contributed by atoms with E-state index in [1.54, 1.807) is 18.2 Å². The maximum absolute atomic E-state index is 13.8. The van der Waals surface area contributed by atoms with Crippen molar-refractivity contribution >= 4 is 11.5 Å². The lowest BCUT2D eigenvalue weighted by Gasteiger charge is -2.26. The molecule has 0 amide bonds. The van der Waals surface area contributed by atoms with Crippen molar-refractivity contribution in [2.75, 3.05) is 25.5 Å². The number of anilines is 1. The number of aromatic nitrogens is 4. The molecule has 0 aromatic carbocycles. The number of nitrogens with zero attached hydrogens (tertiary/aromatic N) is 4. The molecule has 2 atom stereocenters. The lowest BCUT2D eigenvalue weighted by atomic mass is 10.0. The molecule has 1 aliphatic carbocycles. The normalized spacial score (nSPS) is 22.7. The summed E-state index contributed by atoms with van der Waals surface area (Å²) >= 11 is 0. The standard InChI is InChI=1S/C21H22F4N6O/c1-32-16-8-18-27-11-15(31(18)30-19(16)20(5-6-20)21(23,24)25)14-3-2-4-17(29-14)28-13-7-12(22)9-26-10-13/h2-4,8,11-13,26H,5-7,9-10H2,1H3,(H,28,29). The first-order valence-electron chi connectivity index (χ1n) is 10.4. The highest BCUT2D eigenvalue weighted by molar-refractivity contribution is 5.63. The van der Waals surface area contributed by atoms with Crippen molar-refractivity contribution in [1.29, 1.82) is 0 Å². The lowest BCUT2D eigenvalue weighted by Crippen LogP contribution is -2.44. The lowest BCUT2D eigenvalue weighted by molar-refractivity contribution is -0.162. The number of halogens is 4. The van der Waals surface area contributed by atoms with Crippen molar-refractivity contribution in [2.45, 2.75) is 43.1 Å². The van der Waals surface area contributed by atoms with Gasteiger partial charge in [0.2, 0.25) is 0 Å². The average Bonchev–Trinajstić information content (AvgIpc) is 3.48. The molecule has 2 aliphatic rings. The van der Waals surface area contributed by atoms with E-state index >= 15 is 0 Å². The number of hydrogen-bond donors (Lipinski definition) is 2. The molecule has 7 nitrogen and oxygen atoms in total. The Hall–Kier alpha value is -2.95. The largest absolute Gasteiger partial charge is 0.495 e. The Morgan fingerprint density at radius 1 is 1.25 bits per heavy atom. The summed E-state index contributed by atoms with van der Waals surface area (Å²) in [6.07, 6.45) is -3.52.